The van der Waals surface area contributed by atoms with E-state index in [9.17, 15) is 22.8 Å². The fourth-order valence-corrected chi connectivity index (χ4v) is 6.59. The number of fused-ring (bicyclic) bond motifs is 1. The third-order valence-electron chi connectivity index (χ3n) is 8.04. The molecule has 2 N–H and O–H groups in total. The fraction of sp³-hybridized carbons (Fsp3) is 0.314. The van der Waals surface area contributed by atoms with Crippen LogP contribution < -0.4 is 15.4 Å². The van der Waals surface area contributed by atoms with Gasteiger partial charge in [0.15, 0.2) is 0 Å². The highest BCUT2D eigenvalue weighted by Gasteiger charge is 2.35. The molecule has 256 valence electrons. The number of aromatic nitrogens is 3. The zero-order valence-electron chi connectivity index (χ0n) is 27.3. The molecule has 3 aromatic heterocycles. The maximum absolute atomic E-state index is 13.6. The molecule has 1 unspecified atom stereocenters. The molecule has 0 radical (unpaired) electrons. The molecular formula is C35H35F3N6O4S. The monoisotopic (exact) mass is 692 g/mol. The van der Waals surface area contributed by atoms with Crippen LogP contribution in [0.2, 0.25) is 0 Å². The molecule has 1 aliphatic heterocycles. The van der Waals surface area contributed by atoms with E-state index in [1.165, 1.54) is 25.1 Å². The topological polar surface area (TPSA) is 116 Å². The number of rotatable bonds is 7. The predicted octanol–water partition coefficient (Wildman–Crippen LogP) is 7.46. The highest BCUT2D eigenvalue weighted by Crippen LogP contribution is 2.39. The van der Waals surface area contributed by atoms with E-state index >= 15 is 0 Å². The Labute approximate surface area is 284 Å². The second-order valence-electron chi connectivity index (χ2n) is 12.7. The molecule has 6 rings (SSSR count). The number of ether oxygens (including phenoxy) is 2. The van der Waals surface area contributed by atoms with Crippen molar-refractivity contribution in [2.75, 3.05) is 31.1 Å². The Kier molecular flexibility index (Phi) is 9.01. The molecule has 1 fully saturated rings. The van der Waals surface area contributed by atoms with Crippen molar-refractivity contribution in [3.63, 3.8) is 0 Å². The van der Waals surface area contributed by atoms with Gasteiger partial charge in [0.25, 0.3) is 5.91 Å². The van der Waals surface area contributed by atoms with Crippen LogP contribution in [0.1, 0.15) is 54.6 Å². The lowest BCUT2D eigenvalue weighted by Crippen LogP contribution is -2.50. The third kappa shape index (κ3) is 7.33. The van der Waals surface area contributed by atoms with Crippen molar-refractivity contribution in [3.8, 4) is 21.9 Å². The van der Waals surface area contributed by atoms with E-state index in [0.717, 1.165) is 39.9 Å². The molecule has 14 heteroatoms. The maximum atomic E-state index is 13.6. The van der Waals surface area contributed by atoms with Crippen molar-refractivity contribution >= 4 is 40.2 Å². The Hall–Kier alpha value is -5.11. The number of benzene rings is 2. The number of halogens is 3. The van der Waals surface area contributed by atoms with Crippen LogP contribution in [0.25, 0.3) is 27.2 Å². The predicted molar refractivity (Wildman–Crippen MR) is 181 cm³/mol. The van der Waals surface area contributed by atoms with E-state index in [4.69, 9.17) is 15.2 Å². The van der Waals surface area contributed by atoms with Gasteiger partial charge in [-0.15, -0.1) is 11.3 Å². The molecule has 10 nitrogen and oxygen atoms in total. The smallest absolute Gasteiger partial charge is 0.416 e. The van der Waals surface area contributed by atoms with Crippen LogP contribution in [0.5, 0.6) is 5.75 Å². The van der Waals surface area contributed by atoms with Crippen molar-refractivity contribution in [1.29, 1.82) is 0 Å². The first-order valence-corrected chi connectivity index (χ1v) is 16.4. The summed E-state index contributed by atoms with van der Waals surface area (Å²) < 4.78 is 54.1. The van der Waals surface area contributed by atoms with Crippen molar-refractivity contribution in [2.45, 2.75) is 45.6 Å². The van der Waals surface area contributed by atoms with E-state index < -0.39 is 29.4 Å². The maximum Gasteiger partial charge on any atom is 0.416 e. The summed E-state index contributed by atoms with van der Waals surface area (Å²) in [7, 11) is 0. The van der Waals surface area contributed by atoms with Crippen molar-refractivity contribution in [3.05, 3.63) is 89.2 Å². The molecule has 0 saturated carbocycles. The molecule has 2 aromatic carbocycles. The van der Waals surface area contributed by atoms with E-state index in [0.29, 0.717) is 36.7 Å². The van der Waals surface area contributed by atoms with E-state index in [1.807, 2.05) is 51.1 Å². The van der Waals surface area contributed by atoms with Crippen LogP contribution in [-0.4, -0.2) is 63.2 Å². The van der Waals surface area contributed by atoms with Crippen molar-refractivity contribution in [1.82, 2.24) is 19.4 Å². The third-order valence-corrected chi connectivity index (χ3v) is 9.17. The molecule has 5 aromatic rings. The minimum absolute atomic E-state index is 0.0536. The lowest BCUT2D eigenvalue weighted by molar-refractivity contribution is -0.139. The highest BCUT2D eigenvalue weighted by molar-refractivity contribution is 7.16. The van der Waals surface area contributed by atoms with E-state index in [-0.39, 0.29) is 22.3 Å². The number of nitrogens with zero attached hydrogens (tertiary/aromatic N) is 5. The van der Waals surface area contributed by atoms with E-state index in [2.05, 4.69) is 14.9 Å². The van der Waals surface area contributed by atoms with Gasteiger partial charge in [0.05, 0.1) is 16.6 Å². The standard InChI is InChI=1S/C35H35F3N6O4S/c1-21(24-7-5-6-8-25(24)35(36,37)38)47-28-18-30(49-31(28)32(39)45)44-20-41-26-17-22(9-11-27(26)44)23-10-12-29(40-19-23)42-13-15-43(16-14-42)33(46)48-34(2,3)4/h5-12,17-21H,13-16H2,1-4H3,(H2,39,45). The second-order valence-corrected chi connectivity index (χ2v) is 13.7. The number of pyridine rings is 1. The summed E-state index contributed by atoms with van der Waals surface area (Å²) in [6, 6.07) is 16.5. The van der Waals surface area contributed by atoms with Crippen molar-refractivity contribution in [2.24, 2.45) is 5.73 Å². The van der Waals surface area contributed by atoms with Crippen molar-refractivity contribution < 1.29 is 32.2 Å². The van der Waals surface area contributed by atoms with Crippen LogP contribution in [0.4, 0.5) is 23.8 Å². The Morgan fingerprint density at radius 2 is 1.65 bits per heavy atom. The average Bonchev–Trinajstić information content (AvgIpc) is 3.67. The zero-order chi connectivity index (χ0) is 35.1. The first-order chi connectivity index (χ1) is 23.2. The summed E-state index contributed by atoms with van der Waals surface area (Å²) in [5, 5.41) is 0.563. The minimum atomic E-state index is -4.56. The van der Waals surface area contributed by atoms with Gasteiger partial charge in [0, 0.05) is 49.6 Å². The number of hydrogen-bond acceptors (Lipinski definition) is 8. The molecule has 1 atom stereocenters. The largest absolute Gasteiger partial charge is 0.484 e. The number of nitrogens with two attached hydrogens (primary N) is 1. The normalized spacial score (nSPS) is 14.6. The summed E-state index contributed by atoms with van der Waals surface area (Å²) in [5.74, 6) is 0.151. The Bertz CT molecular complexity index is 1990. The number of alkyl halides is 3. The average molecular weight is 693 g/mol. The number of carbonyl (C=O) groups excluding carboxylic acids is 2. The quantitative estimate of drug-likeness (QED) is 0.188. The molecule has 1 saturated heterocycles. The number of amides is 2. The molecule has 0 bridgehead atoms. The molecule has 4 heterocycles. The zero-order valence-corrected chi connectivity index (χ0v) is 28.1. The van der Waals surface area contributed by atoms with Gasteiger partial charge in [0.2, 0.25) is 0 Å². The number of primary amides is 1. The van der Waals surface area contributed by atoms with Crippen LogP contribution in [0.15, 0.2) is 73.2 Å². The van der Waals surface area contributed by atoms with Gasteiger partial charge in [-0.3, -0.25) is 9.36 Å². The number of anilines is 1. The lowest BCUT2D eigenvalue weighted by atomic mass is 10.0. The molecule has 0 spiro atoms. The lowest BCUT2D eigenvalue weighted by Gasteiger charge is -2.36. The highest BCUT2D eigenvalue weighted by atomic mass is 32.1. The van der Waals surface area contributed by atoms with Gasteiger partial charge in [-0.25, -0.2) is 14.8 Å². The van der Waals surface area contributed by atoms with Gasteiger partial charge in [-0.1, -0.05) is 24.3 Å². The Balaban J connectivity index is 1.18. The van der Waals surface area contributed by atoms with Gasteiger partial charge in [-0.05, 0) is 63.6 Å². The van der Waals surface area contributed by atoms with Crippen LogP contribution in [0.3, 0.4) is 0 Å². The van der Waals surface area contributed by atoms with Gasteiger partial charge < -0.3 is 25.0 Å². The summed E-state index contributed by atoms with van der Waals surface area (Å²) in [6.45, 7) is 9.41. The minimum Gasteiger partial charge on any atom is -0.484 e. The summed E-state index contributed by atoms with van der Waals surface area (Å²) in [4.78, 5) is 37.9. The second kappa shape index (κ2) is 13.1. The SMILES string of the molecule is CC(Oc1cc(-n2cnc3cc(-c4ccc(N5CCN(C(=O)OC(C)(C)C)CC5)nc4)ccc32)sc1C(N)=O)c1ccccc1C(F)(F)F. The van der Waals surface area contributed by atoms with Crippen LogP contribution in [0, 0.1) is 0 Å². The first kappa shape index (κ1) is 33.8. The molecule has 2 amide bonds. The molecule has 1 aliphatic rings. The number of imidazole rings is 1. The molecule has 0 aliphatic carbocycles. The van der Waals surface area contributed by atoms with Crippen LogP contribution in [-0.2, 0) is 10.9 Å². The van der Waals surface area contributed by atoms with Gasteiger partial charge in [-0.2, -0.15) is 13.2 Å². The molecular weight excluding hydrogens is 657 g/mol. The van der Waals surface area contributed by atoms with E-state index in [1.54, 1.807) is 28.1 Å². The Morgan fingerprint density at radius 3 is 2.31 bits per heavy atom. The number of carbonyl (C=O) groups is 2. The number of thiophene rings is 1. The molecule has 49 heavy (non-hydrogen) atoms. The van der Waals surface area contributed by atoms with Crippen LogP contribution >= 0.6 is 11.3 Å². The van der Waals surface area contributed by atoms with Gasteiger partial charge in [0.1, 0.15) is 39.5 Å². The number of piperazine rings is 1. The summed E-state index contributed by atoms with van der Waals surface area (Å²) in [6.07, 6.45) is -2.48. The summed E-state index contributed by atoms with van der Waals surface area (Å²) >= 11 is 1.06. The van der Waals surface area contributed by atoms with Gasteiger partial charge >= 0.3 is 12.3 Å². The Morgan fingerprint density at radius 1 is 0.939 bits per heavy atom. The number of hydrogen-bond donors (Lipinski definition) is 1. The summed E-state index contributed by atoms with van der Waals surface area (Å²) in [5.41, 5.74) is 7.47. The first-order valence-electron chi connectivity index (χ1n) is 15.6. The fourth-order valence-electron chi connectivity index (χ4n) is 5.66.